The monoisotopic (exact) mass is 360 g/mol. The van der Waals surface area contributed by atoms with Gasteiger partial charge < -0.3 is 5.11 Å². The Bertz CT molecular complexity index is 728. The van der Waals surface area contributed by atoms with Crippen LogP contribution in [0.15, 0.2) is 18.2 Å². The van der Waals surface area contributed by atoms with E-state index in [1.807, 2.05) is 4.90 Å². The molecule has 2 fully saturated rings. The Morgan fingerprint density at radius 2 is 2.08 bits per heavy atom. The molecule has 3 rings (SSSR count). The van der Waals surface area contributed by atoms with E-state index >= 15 is 0 Å². The lowest BCUT2D eigenvalue weighted by Crippen LogP contribution is -2.50. The molecule has 2 unspecified atom stereocenters. The smallest absolute Gasteiger partial charge is 0.211 e. The first-order chi connectivity index (χ1) is 11.2. The molecule has 0 bridgehead atoms. The standard InChI is InChI=1S/C16H22F2N2O3S/c1-24(22,23)20-8-13-5-6-19(9-16(13,10-20)11-21)7-12-3-2-4-14(17)15(12)18/h2-4,13,21H,5-11H2,1H3. The van der Waals surface area contributed by atoms with Crippen LogP contribution >= 0.6 is 0 Å². The zero-order valence-corrected chi connectivity index (χ0v) is 14.4. The zero-order valence-electron chi connectivity index (χ0n) is 13.6. The lowest BCUT2D eigenvalue weighted by molar-refractivity contribution is 0.00840. The Hall–Kier alpha value is -1.09. The van der Waals surface area contributed by atoms with E-state index in [0.29, 0.717) is 19.6 Å². The molecule has 0 aliphatic carbocycles. The Kier molecular flexibility index (Phi) is 4.67. The van der Waals surface area contributed by atoms with Gasteiger partial charge in [0.2, 0.25) is 10.0 Å². The molecular weight excluding hydrogens is 338 g/mol. The van der Waals surface area contributed by atoms with Gasteiger partial charge in [0, 0.05) is 37.2 Å². The quantitative estimate of drug-likeness (QED) is 0.872. The van der Waals surface area contributed by atoms with E-state index in [1.54, 1.807) is 6.07 Å². The number of halogens is 2. The van der Waals surface area contributed by atoms with Crippen molar-refractivity contribution in [3.8, 4) is 0 Å². The predicted molar refractivity (Wildman–Crippen MR) is 85.7 cm³/mol. The second-order valence-corrected chi connectivity index (χ2v) is 8.97. The highest BCUT2D eigenvalue weighted by molar-refractivity contribution is 7.88. The van der Waals surface area contributed by atoms with E-state index in [0.717, 1.165) is 12.5 Å². The molecule has 8 heteroatoms. The molecule has 5 nitrogen and oxygen atoms in total. The molecule has 1 N–H and O–H groups in total. The number of piperidine rings is 1. The van der Waals surface area contributed by atoms with Gasteiger partial charge in [-0.15, -0.1) is 0 Å². The summed E-state index contributed by atoms with van der Waals surface area (Å²) in [5, 5.41) is 9.94. The number of hydrogen-bond acceptors (Lipinski definition) is 4. The molecule has 2 heterocycles. The first-order valence-corrected chi connectivity index (χ1v) is 9.81. The fraction of sp³-hybridized carbons (Fsp3) is 0.625. The van der Waals surface area contributed by atoms with Crippen LogP contribution in [0.2, 0.25) is 0 Å². The summed E-state index contributed by atoms with van der Waals surface area (Å²) in [5.74, 6) is -1.63. The van der Waals surface area contributed by atoms with Crippen LogP contribution in [0.1, 0.15) is 12.0 Å². The fourth-order valence-corrected chi connectivity index (χ4v) is 4.89. The van der Waals surface area contributed by atoms with E-state index in [4.69, 9.17) is 0 Å². The van der Waals surface area contributed by atoms with Gasteiger partial charge in [0.05, 0.1) is 12.9 Å². The lowest BCUT2D eigenvalue weighted by Gasteiger charge is -2.43. The molecule has 2 aliphatic rings. The average molecular weight is 360 g/mol. The normalized spacial score (nSPS) is 28.9. The van der Waals surface area contributed by atoms with Crippen LogP contribution in [0.3, 0.4) is 0 Å². The summed E-state index contributed by atoms with van der Waals surface area (Å²) in [6.45, 7) is 1.95. The fourth-order valence-electron chi connectivity index (χ4n) is 3.95. The minimum absolute atomic E-state index is 0.0887. The van der Waals surface area contributed by atoms with Crippen LogP contribution in [0.25, 0.3) is 0 Å². The number of sulfonamides is 1. The molecule has 1 aromatic rings. The molecule has 1 aromatic carbocycles. The zero-order chi connectivity index (χ0) is 17.5. The van der Waals surface area contributed by atoms with Crippen molar-refractivity contribution in [1.29, 1.82) is 0 Å². The maximum atomic E-state index is 13.9. The van der Waals surface area contributed by atoms with Crippen molar-refractivity contribution in [2.45, 2.75) is 13.0 Å². The highest BCUT2D eigenvalue weighted by Crippen LogP contribution is 2.43. The molecule has 0 amide bonds. The molecule has 134 valence electrons. The predicted octanol–water partition coefficient (Wildman–Crippen LogP) is 1.04. The molecule has 2 atom stereocenters. The van der Waals surface area contributed by atoms with Gasteiger partial charge in [-0.05, 0) is 24.9 Å². The van der Waals surface area contributed by atoms with Gasteiger partial charge >= 0.3 is 0 Å². The Labute approximate surface area is 140 Å². The third kappa shape index (κ3) is 3.20. The molecule has 2 saturated heterocycles. The van der Waals surface area contributed by atoms with E-state index < -0.39 is 27.1 Å². The summed E-state index contributed by atoms with van der Waals surface area (Å²) < 4.78 is 52.3. The summed E-state index contributed by atoms with van der Waals surface area (Å²) in [4.78, 5) is 1.97. The van der Waals surface area contributed by atoms with E-state index in [2.05, 4.69) is 0 Å². The van der Waals surface area contributed by atoms with Gasteiger partial charge in [-0.2, -0.15) is 0 Å². The summed E-state index contributed by atoms with van der Waals surface area (Å²) in [6, 6.07) is 4.11. The summed E-state index contributed by atoms with van der Waals surface area (Å²) >= 11 is 0. The SMILES string of the molecule is CS(=O)(=O)N1CC2CCN(Cc3cccc(F)c3F)CC2(CO)C1. The Morgan fingerprint density at radius 3 is 2.75 bits per heavy atom. The van der Waals surface area contributed by atoms with E-state index in [-0.39, 0.29) is 31.2 Å². The maximum Gasteiger partial charge on any atom is 0.211 e. The van der Waals surface area contributed by atoms with Crippen LogP contribution in [0.4, 0.5) is 8.78 Å². The minimum atomic E-state index is -3.30. The van der Waals surface area contributed by atoms with Gasteiger partial charge in [0.25, 0.3) is 0 Å². The van der Waals surface area contributed by atoms with Crippen LogP contribution in [0.5, 0.6) is 0 Å². The van der Waals surface area contributed by atoms with E-state index in [1.165, 1.54) is 16.6 Å². The van der Waals surface area contributed by atoms with Crippen LogP contribution in [0, 0.1) is 23.0 Å². The highest BCUT2D eigenvalue weighted by Gasteiger charge is 2.51. The Balaban J connectivity index is 1.77. The molecule has 0 spiro atoms. The third-order valence-corrected chi connectivity index (χ3v) is 6.54. The number of aliphatic hydroxyl groups is 1. The van der Waals surface area contributed by atoms with Crippen LogP contribution in [-0.2, 0) is 16.6 Å². The largest absolute Gasteiger partial charge is 0.396 e. The number of aliphatic hydroxyl groups excluding tert-OH is 1. The first-order valence-electron chi connectivity index (χ1n) is 7.96. The van der Waals surface area contributed by atoms with Crippen molar-refractivity contribution < 1.29 is 22.3 Å². The van der Waals surface area contributed by atoms with Gasteiger partial charge in [0.1, 0.15) is 0 Å². The molecular formula is C16H22F2N2O3S. The van der Waals surface area contributed by atoms with Crippen LogP contribution in [-0.4, -0.2) is 61.8 Å². The third-order valence-electron chi connectivity index (χ3n) is 5.32. The molecule has 24 heavy (non-hydrogen) atoms. The van der Waals surface area contributed by atoms with Gasteiger partial charge in [0.15, 0.2) is 11.6 Å². The summed E-state index contributed by atoms with van der Waals surface area (Å²) in [6.07, 6.45) is 1.90. The second kappa shape index (κ2) is 6.33. The second-order valence-electron chi connectivity index (χ2n) is 6.99. The number of hydrogen-bond donors (Lipinski definition) is 1. The van der Waals surface area contributed by atoms with Crippen molar-refractivity contribution in [3.63, 3.8) is 0 Å². The van der Waals surface area contributed by atoms with Crippen molar-refractivity contribution >= 4 is 10.0 Å². The molecule has 2 aliphatic heterocycles. The highest BCUT2D eigenvalue weighted by atomic mass is 32.2. The lowest BCUT2D eigenvalue weighted by atomic mass is 9.74. The van der Waals surface area contributed by atoms with Crippen molar-refractivity contribution in [2.24, 2.45) is 11.3 Å². The van der Waals surface area contributed by atoms with E-state index in [9.17, 15) is 22.3 Å². The average Bonchev–Trinajstić information content (AvgIpc) is 2.91. The van der Waals surface area contributed by atoms with Gasteiger partial charge in [-0.25, -0.2) is 21.5 Å². The number of rotatable bonds is 4. The first kappa shape index (κ1) is 17.7. The number of nitrogens with zero attached hydrogens (tertiary/aromatic N) is 2. The maximum absolute atomic E-state index is 13.9. The van der Waals surface area contributed by atoms with Crippen molar-refractivity contribution in [2.75, 3.05) is 39.0 Å². The minimum Gasteiger partial charge on any atom is -0.396 e. The Morgan fingerprint density at radius 1 is 1.33 bits per heavy atom. The van der Waals surface area contributed by atoms with Gasteiger partial charge in [-0.3, -0.25) is 4.90 Å². The number of benzene rings is 1. The summed E-state index contributed by atoms with van der Waals surface area (Å²) in [5.41, 5.74) is -0.259. The molecule has 0 aromatic heterocycles. The van der Waals surface area contributed by atoms with Crippen molar-refractivity contribution in [3.05, 3.63) is 35.4 Å². The van der Waals surface area contributed by atoms with Gasteiger partial charge in [-0.1, -0.05) is 12.1 Å². The summed E-state index contributed by atoms with van der Waals surface area (Å²) in [7, 11) is -3.30. The topological polar surface area (TPSA) is 60.9 Å². The van der Waals surface area contributed by atoms with Crippen molar-refractivity contribution in [1.82, 2.24) is 9.21 Å². The molecule has 0 radical (unpaired) electrons. The number of fused-ring (bicyclic) bond motifs is 1. The number of likely N-dealkylation sites (tertiary alicyclic amines) is 1. The van der Waals surface area contributed by atoms with Crippen LogP contribution < -0.4 is 0 Å². The molecule has 0 saturated carbocycles.